The number of hydrogen-bond donors (Lipinski definition) is 0. The van der Waals surface area contributed by atoms with Crippen LogP contribution in [-0.4, -0.2) is 4.98 Å². The molecular weight excluding hydrogens is 271 g/mol. The zero-order valence-corrected chi connectivity index (χ0v) is 9.70. The summed E-state index contributed by atoms with van der Waals surface area (Å²) in [6.45, 7) is 0. The summed E-state index contributed by atoms with van der Waals surface area (Å²) in [5.74, 6) is -0.540. The number of nitriles is 1. The molecule has 0 atom stereocenters. The minimum absolute atomic E-state index is 0.00929. The van der Waals surface area contributed by atoms with Crippen LogP contribution in [0.2, 0.25) is 0 Å². The lowest BCUT2D eigenvalue weighted by molar-refractivity contribution is 0.617. The second kappa shape index (κ2) is 4.42. The summed E-state index contributed by atoms with van der Waals surface area (Å²) in [4.78, 5) is 4.14. The van der Waals surface area contributed by atoms with Crippen LogP contribution in [0.4, 0.5) is 4.39 Å². The summed E-state index contributed by atoms with van der Waals surface area (Å²) in [5, 5.41) is 8.78. The molecule has 0 saturated heterocycles. The second-order valence-electron chi connectivity index (χ2n) is 3.15. The molecule has 0 bridgehead atoms. The summed E-state index contributed by atoms with van der Waals surface area (Å²) in [7, 11) is 0. The summed E-state index contributed by atoms with van der Waals surface area (Å²) < 4.78 is 13.7. The maximum atomic E-state index is 13.4. The smallest absolute Gasteiger partial charge is 0.155 e. The first-order valence-corrected chi connectivity index (χ1v) is 5.32. The van der Waals surface area contributed by atoms with E-state index in [0.29, 0.717) is 11.3 Å². The molecule has 1 aromatic heterocycles. The lowest BCUT2D eigenvalue weighted by Gasteiger charge is -2.03. The Morgan fingerprint density at radius 3 is 2.75 bits per heavy atom. The van der Waals surface area contributed by atoms with Crippen LogP contribution in [0.5, 0.6) is 0 Å². The first kappa shape index (κ1) is 10.8. The van der Waals surface area contributed by atoms with Gasteiger partial charge in [-0.1, -0.05) is 6.07 Å². The first-order valence-electron chi connectivity index (χ1n) is 4.53. The molecule has 0 aliphatic carbocycles. The van der Waals surface area contributed by atoms with E-state index in [1.807, 2.05) is 12.1 Å². The van der Waals surface area contributed by atoms with Crippen LogP contribution in [0, 0.1) is 17.1 Å². The molecule has 2 aromatic rings. The average Bonchev–Trinajstić information content (AvgIpc) is 2.33. The monoisotopic (exact) mass is 276 g/mol. The van der Waals surface area contributed by atoms with Crippen LogP contribution >= 0.6 is 15.9 Å². The van der Waals surface area contributed by atoms with Crippen molar-refractivity contribution in [3.63, 3.8) is 0 Å². The predicted molar refractivity (Wildman–Crippen MR) is 62.0 cm³/mol. The highest BCUT2D eigenvalue weighted by molar-refractivity contribution is 9.10. The molecule has 0 aliphatic rings. The highest BCUT2D eigenvalue weighted by atomic mass is 79.9. The first-order chi connectivity index (χ1) is 7.72. The lowest BCUT2D eigenvalue weighted by atomic mass is 10.1. The van der Waals surface area contributed by atoms with E-state index in [9.17, 15) is 4.39 Å². The molecule has 0 unspecified atom stereocenters. The Bertz CT molecular complexity index is 561. The van der Waals surface area contributed by atoms with Crippen molar-refractivity contribution in [2.45, 2.75) is 0 Å². The molecule has 16 heavy (non-hydrogen) atoms. The van der Waals surface area contributed by atoms with E-state index in [1.54, 1.807) is 24.4 Å². The van der Waals surface area contributed by atoms with Crippen molar-refractivity contribution in [3.05, 3.63) is 52.4 Å². The van der Waals surface area contributed by atoms with Crippen molar-refractivity contribution < 1.29 is 4.39 Å². The summed E-state index contributed by atoms with van der Waals surface area (Å²) in [6.07, 6.45) is 1.65. The van der Waals surface area contributed by atoms with E-state index < -0.39 is 5.82 Å². The number of halogens is 2. The van der Waals surface area contributed by atoms with Crippen molar-refractivity contribution in [1.82, 2.24) is 4.98 Å². The van der Waals surface area contributed by atoms with Gasteiger partial charge >= 0.3 is 0 Å². The zero-order chi connectivity index (χ0) is 11.5. The van der Waals surface area contributed by atoms with Gasteiger partial charge < -0.3 is 0 Å². The third kappa shape index (κ3) is 1.95. The van der Waals surface area contributed by atoms with Crippen LogP contribution in [0.1, 0.15) is 5.56 Å². The highest BCUT2D eigenvalue weighted by Crippen LogP contribution is 2.26. The third-order valence-electron chi connectivity index (χ3n) is 2.11. The van der Waals surface area contributed by atoms with Gasteiger partial charge in [-0.25, -0.2) is 4.39 Å². The van der Waals surface area contributed by atoms with Crippen LogP contribution in [0.25, 0.3) is 11.3 Å². The van der Waals surface area contributed by atoms with Crippen LogP contribution < -0.4 is 0 Å². The molecule has 4 heteroatoms. The van der Waals surface area contributed by atoms with Crippen molar-refractivity contribution in [1.29, 1.82) is 5.26 Å². The van der Waals surface area contributed by atoms with Crippen molar-refractivity contribution in [3.8, 4) is 17.3 Å². The molecule has 0 radical (unpaired) electrons. The minimum atomic E-state index is -0.540. The standard InChI is InChI=1S/C12H6BrFN2/c13-10-6-8(5-9(7-15)12(10)14)11-3-1-2-4-16-11/h1-6H. The molecular formula is C12H6BrFN2. The van der Waals surface area contributed by atoms with E-state index in [4.69, 9.17) is 5.26 Å². The summed E-state index contributed by atoms with van der Waals surface area (Å²) in [5.41, 5.74) is 1.43. The van der Waals surface area contributed by atoms with Gasteiger partial charge in [-0.3, -0.25) is 4.98 Å². The Hall–Kier alpha value is -1.73. The molecule has 0 amide bonds. The fraction of sp³-hybridized carbons (Fsp3) is 0. The zero-order valence-electron chi connectivity index (χ0n) is 8.11. The molecule has 2 nitrogen and oxygen atoms in total. The third-order valence-corrected chi connectivity index (χ3v) is 2.69. The van der Waals surface area contributed by atoms with Crippen LogP contribution in [0.3, 0.4) is 0 Å². The van der Waals surface area contributed by atoms with E-state index in [1.165, 1.54) is 6.07 Å². The van der Waals surface area contributed by atoms with E-state index in [2.05, 4.69) is 20.9 Å². The van der Waals surface area contributed by atoms with Crippen LogP contribution in [0.15, 0.2) is 41.0 Å². The van der Waals surface area contributed by atoms with E-state index >= 15 is 0 Å². The number of benzene rings is 1. The summed E-state index contributed by atoms with van der Waals surface area (Å²) in [6, 6.07) is 10.4. The van der Waals surface area contributed by atoms with E-state index in [0.717, 1.165) is 0 Å². The SMILES string of the molecule is N#Cc1cc(-c2ccccn2)cc(Br)c1F. The molecule has 0 N–H and O–H groups in total. The van der Waals surface area contributed by atoms with Crippen molar-refractivity contribution >= 4 is 15.9 Å². The lowest BCUT2D eigenvalue weighted by Crippen LogP contribution is -1.89. The Morgan fingerprint density at radius 1 is 1.31 bits per heavy atom. The Morgan fingerprint density at radius 2 is 2.12 bits per heavy atom. The number of aromatic nitrogens is 1. The van der Waals surface area contributed by atoms with Gasteiger partial charge in [-0.05, 0) is 40.2 Å². The second-order valence-corrected chi connectivity index (χ2v) is 4.00. The number of pyridine rings is 1. The van der Waals surface area contributed by atoms with Gasteiger partial charge in [0.2, 0.25) is 0 Å². The van der Waals surface area contributed by atoms with E-state index in [-0.39, 0.29) is 10.0 Å². The number of hydrogen-bond acceptors (Lipinski definition) is 2. The van der Waals surface area contributed by atoms with Gasteiger partial charge in [0.25, 0.3) is 0 Å². The summed E-state index contributed by atoms with van der Waals surface area (Å²) >= 11 is 3.08. The van der Waals surface area contributed by atoms with Crippen molar-refractivity contribution in [2.24, 2.45) is 0 Å². The quantitative estimate of drug-likeness (QED) is 0.799. The normalized spacial score (nSPS) is 9.81. The molecule has 0 fully saturated rings. The topological polar surface area (TPSA) is 36.7 Å². The Labute approximate surface area is 100 Å². The Kier molecular flexibility index (Phi) is 2.97. The molecule has 78 valence electrons. The molecule has 0 aliphatic heterocycles. The highest BCUT2D eigenvalue weighted by Gasteiger charge is 2.09. The largest absolute Gasteiger partial charge is 0.256 e. The van der Waals surface area contributed by atoms with Gasteiger partial charge in [0.1, 0.15) is 6.07 Å². The van der Waals surface area contributed by atoms with Gasteiger partial charge in [-0.2, -0.15) is 5.26 Å². The maximum absolute atomic E-state index is 13.4. The molecule has 1 aromatic carbocycles. The number of nitrogens with zero attached hydrogens (tertiary/aromatic N) is 2. The molecule has 1 heterocycles. The fourth-order valence-electron chi connectivity index (χ4n) is 1.35. The van der Waals surface area contributed by atoms with Gasteiger partial charge in [-0.15, -0.1) is 0 Å². The predicted octanol–water partition coefficient (Wildman–Crippen LogP) is 3.52. The van der Waals surface area contributed by atoms with Gasteiger partial charge in [0.15, 0.2) is 5.82 Å². The molecule has 0 saturated carbocycles. The van der Waals surface area contributed by atoms with Gasteiger partial charge in [0, 0.05) is 11.8 Å². The number of rotatable bonds is 1. The minimum Gasteiger partial charge on any atom is -0.256 e. The van der Waals surface area contributed by atoms with Crippen LogP contribution in [-0.2, 0) is 0 Å². The average molecular weight is 277 g/mol. The fourth-order valence-corrected chi connectivity index (χ4v) is 1.81. The van der Waals surface area contributed by atoms with Gasteiger partial charge in [0.05, 0.1) is 15.7 Å². The Balaban J connectivity index is 2.61. The molecule has 2 rings (SSSR count). The van der Waals surface area contributed by atoms with Crippen molar-refractivity contribution in [2.75, 3.05) is 0 Å². The molecule has 0 spiro atoms. The maximum Gasteiger partial charge on any atom is 0.155 e.